The molecule has 0 saturated heterocycles. The van der Waals surface area contributed by atoms with Crippen LogP contribution in [0.5, 0.6) is 0 Å². The van der Waals surface area contributed by atoms with Crippen LogP contribution in [-0.4, -0.2) is 16.8 Å². The van der Waals surface area contributed by atoms with E-state index in [0.29, 0.717) is 27.9 Å². The third-order valence-corrected chi connectivity index (χ3v) is 3.63. The molecule has 0 unspecified atom stereocenters. The number of H-pyrrole nitrogens is 1. The van der Waals surface area contributed by atoms with Crippen LogP contribution < -0.4 is 10.6 Å². The van der Waals surface area contributed by atoms with Gasteiger partial charge in [-0.1, -0.05) is 23.7 Å². The molecular weight excluding hydrogens is 330 g/mol. The predicted molar refractivity (Wildman–Crippen MR) is 90.1 cm³/mol. The minimum Gasteiger partial charge on any atom is -0.467 e. The zero-order valence-corrected chi connectivity index (χ0v) is 13.3. The molecular formula is C17H14ClN3O3. The molecule has 7 heteroatoms. The molecule has 3 N–H and O–H groups in total. The molecule has 2 aromatic heterocycles. The number of carbonyl (C=O) groups is 2. The monoisotopic (exact) mass is 343 g/mol. The second-order valence-corrected chi connectivity index (χ2v) is 5.39. The summed E-state index contributed by atoms with van der Waals surface area (Å²) in [7, 11) is 0. The lowest BCUT2D eigenvalue weighted by Crippen LogP contribution is -2.23. The highest BCUT2D eigenvalue weighted by atomic mass is 35.5. The van der Waals surface area contributed by atoms with E-state index in [2.05, 4.69) is 15.6 Å². The third-order valence-electron chi connectivity index (χ3n) is 3.30. The molecule has 0 atom stereocenters. The van der Waals surface area contributed by atoms with Gasteiger partial charge in [0.25, 0.3) is 11.8 Å². The van der Waals surface area contributed by atoms with Gasteiger partial charge >= 0.3 is 0 Å². The maximum atomic E-state index is 12.2. The van der Waals surface area contributed by atoms with Crippen LogP contribution in [0.1, 0.15) is 26.6 Å². The molecule has 3 aromatic rings. The Bertz CT molecular complexity index is 856. The Balaban J connectivity index is 1.62. The Hall–Kier alpha value is -2.99. The summed E-state index contributed by atoms with van der Waals surface area (Å²) in [5.41, 5.74) is 0.689. The number of benzene rings is 1. The van der Waals surface area contributed by atoms with Crippen molar-refractivity contribution >= 4 is 29.2 Å². The maximum absolute atomic E-state index is 12.2. The van der Waals surface area contributed by atoms with Gasteiger partial charge < -0.3 is 20.0 Å². The average molecular weight is 344 g/mol. The number of amides is 2. The van der Waals surface area contributed by atoms with Gasteiger partial charge in [-0.3, -0.25) is 9.59 Å². The fourth-order valence-electron chi connectivity index (χ4n) is 2.11. The summed E-state index contributed by atoms with van der Waals surface area (Å²) in [4.78, 5) is 27.1. The van der Waals surface area contributed by atoms with Crippen molar-refractivity contribution in [3.05, 3.63) is 76.8 Å². The van der Waals surface area contributed by atoms with Crippen LogP contribution in [-0.2, 0) is 6.54 Å². The van der Waals surface area contributed by atoms with Crippen molar-refractivity contribution in [1.29, 1.82) is 0 Å². The molecule has 2 amide bonds. The number of furan rings is 1. The number of hydrogen-bond acceptors (Lipinski definition) is 3. The number of anilines is 1. The van der Waals surface area contributed by atoms with Crippen LogP contribution in [0.25, 0.3) is 0 Å². The van der Waals surface area contributed by atoms with Gasteiger partial charge in [-0.15, -0.1) is 0 Å². The summed E-state index contributed by atoms with van der Waals surface area (Å²) in [5.74, 6) is 0.403. The van der Waals surface area contributed by atoms with E-state index in [4.69, 9.17) is 16.0 Å². The molecule has 0 radical (unpaired) electrons. The van der Waals surface area contributed by atoms with Crippen molar-refractivity contribution in [3.8, 4) is 0 Å². The zero-order valence-electron chi connectivity index (χ0n) is 12.5. The molecule has 0 aliphatic rings. The van der Waals surface area contributed by atoms with Crippen LogP contribution in [0.2, 0.25) is 5.02 Å². The summed E-state index contributed by atoms with van der Waals surface area (Å²) in [6, 6.07) is 13.4. The van der Waals surface area contributed by atoms with E-state index in [0.717, 1.165) is 0 Å². The molecule has 0 aliphatic heterocycles. The molecule has 0 fully saturated rings. The molecule has 0 saturated carbocycles. The van der Waals surface area contributed by atoms with Crippen molar-refractivity contribution in [2.45, 2.75) is 6.54 Å². The van der Waals surface area contributed by atoms with Crippen molar-refractivity contribution < 1.29 is 14.0 Å². The first-order valence-electron chi connectivity index (χ1n) is 7.19. The minimum atomic E-state index is -0.356. The highest BCUT2D eigenvalue weighted by Gasteiger charge is 2.13. The molecule has 24 heavy (non-hydrogen) atoms. The summed E-state index contributed by atoms with van der Waals surface area (Å²) in [6.07, 6.45) is 1.54. The predicted octanol–water partition coefficient (Wildman–Crippen LogP) is 3.44. The number of halogens is 1. The Morgan fingerprint density at radius 1 is 1.04 bits per heavy atom. The van der Waals surface area contributed by atoms with E-state index < -0.39 is 0 Å². The third kappa shape index (κ3) is 3.67. The fraction of sp³-hybridized carbons (Fsp3) is 0.0588. The molecule has 1 aromatic carbocycles. The first-order valence-corrected chi connectivity index (χ1v) is 7.57. The molecule has 0 bridgehead atoms. The van der Waals surface area contributed by atoms with Crippen LogP contribution >= 0.6 is 11.6 Å². The SMILES string of the molecule is O=C(NCc1ccco1)c1ccc(NC(=O)c2ccccc2Cl)[nH]1. The number of rotatable bonds is 5. The average Bonchev–Trinajstić information content (AvgIpc) is 3.24. The lowest BCUT2D eigenvalue weighted by molar-refractivity contribution is 0.0942. The van der Waals surface area contributed by atoms with E-state index in [-0.39, 0.29) is 18.4 Å². The van der Waals surface area contributed by atoms with Crippen LogP contribution in [0.15, 0.2) is 59.2 Å². The second kappa shape index (κ2) is 7.06. The van der Waals surface area contributed by atoms with Gasteiger partial charge in [0.15, 0.2) is 0 Å². The van der Waals surface area contributed by atoms with E-state index in [1.54, 1.807) is 54.8 Å². The fourth-order valence-corrected chi connectivity index (χ4v) is 2.33. The van der Waals surface area contributed by atoms with Gasteiger partial charge in [0.05, 0.1) is 23.4 Å². The lowest BCUT2D eigenvalue weighted by atomic mass is 10.2. The first kappa shape index (κ1) is 15.9. The van der Waals surface area contributed by atoms with E-state index in [9.17, 15) is 9.59 Å². The summed E-state index contributed by atoms with van der Waals surface area (Å²) in [5, 5.41) is 5.74. The van der Waals surface area contributed by atoms with E-state index >= 15 is 0 Å². The number of nitrogens with one attached hydrogen (secondary N) is 3. The number of carbonyl (C=O) groups excluding carboxylic acids is 2. The Kier molecular flexibility index (Phi) is 4.67. The van der Waals surface area contributed by atoms with Gasteiger partial charge in [0, 0.05) is 0 Å². The second-order valence-electron chi connectivity index (χ2n) is 4.98. The topological polar surface area (TPSA) is 87.1 Å². The molecule has 3 rings (SSSR count). The van der Waals surface area contributed by atoms with Crippen LogP contribution in [0.4, 0.5) is 5.82 Å². The lowest BCUT2D eigenvalue weighted by Gasteiger charge is -2.05. The first-order chi connectivity index (χ1) is 11.6. The maximum Gasteiger partial charge on any atom is 0.268 e. The van der Waals surface area contributed by atoms with Crippen molar-refractivity contribution in [2.24, 2.45) is 0 Å². The zero-order chi connectivity index (χ0) is 16.9. The summed E-state index contributed by atoms with van der Waals surface area (Å²) < 4.78 is 5.14. The van der Waals surface area contributed by atoms with Crippen molar-refractivity contribution in [3.63, 3.8) is 0 Å². The minimum absolute atomic E-state index is 0.284. The normalized spacial score (nSPS) is 10.4. The standard InChI is InChI=1S/C17H14ClN3O3/c18-13-6-2-1-5-12(13)16(22)21-15-8-7-14(20-15)17(23)19-10-11-4-3-9-24-11/h1-9,20H,10H2,(H,19,23)(H,21,22). The largest absolute Gasteiger partial charge is 0.467 e. The highest BCUT2D eigenvalue weighted by Crippen LogP contribution is 2.17. The van der Waals surface area contributed by atoms with Gasteiger partial charge in [0.2, 0.25) is 0 Å². The molecule has 2 heterocycles. The van der Waals surface area contributed by atoms with Crippen LogP contribution in [0.3, 0.4) is 0 Å². The Labute approximate surface area is 142 Å². The van der Waals surface area contributed by atoms with E-state index in [1.807, 2.05) is 0 Å². The van der Waals surface area contributed by atoms with Crippen LogP contribution in [0, 0.1) is 0 Å². The Morgan fingerprint density at radius 2 is 1.88 bits per heavy atom. The number of aromatic amines is 1. The highest BCUT2D eigenvalue weighted by molar-refractivity contribution is 6.34. The quantitative estimate of drug-likeness (QED) is 0.663. The van der Waals surface area contributed by atoms with Gasteiger partial charge in [0.1, 0.15) is 17.3 Å². The van der Waals surface area contributed by atoms with E-state index in [1.165, 1.54) is 0 Å². The number of aromatic nitrogens is 1. The number of hydrogen-bond donors (Lipinski definition) is 3. The van der Waals surface area contributed by atoms with Gasteiger partial charge in [-0.25, -0.2) is 0 Å². The van der Waals surface area contributed by atoms with Gasteiger partial charge in [-0.2, -0.15) is 0 Å². The molecule has 0 aliphatic carbocycles. The van der Waals surface area contributed by atoms with Crippen molar-refractivity contribution in [1.82, 2.24) is 10.3 Å². The van der Waals surface area contributed by atoms with Crippen molar-refractivity contribution in [2.75, 3.05) is 5.32 Å². The molecule has 122 valence electrons. The Morgan fingerprint density at radius 3 is 2.62 bits per heavy atom. The summed E-state index contributed by atoms with van der Waals surface area (Å²) >= 11 is 5.99. The summed E-state index contributed by atoms with van der Waals surface area (Å²) in [6.45, 7) is 0.284. The smallest absolute Gasteiger partial charge is 0.268 e. The molecule has 0 spiro atoms. The van der Waals surface area contributed by atoms with Gasteiger partial charge in [-0.05, 0) is 36.4 Å². The molecule has 6 nitrogen and oxygen atoms in total.